The molecule has 7 nitrogen and oxygen atoms in total. The number of nitrogens with one attached hydrogen (secondary N) is 3. The Kier molecular flexibility index (Phi) is 7.57. The smallest absolute Gasteiger partial charge is 0.216 e. The van der Waals surface area contributed by atoms with Gasteiger partial charge in [0.05, 0.1) is 12.2 Å². The minimum Gasteiger partial charge on any atom is -0.357 e. The maximum Gasteiger partial charge on any atom is 0.216 e. The van der Waals surface area contributed by atoms with Gasteiger partial charge in [0.25, 0.3) is 0 Å². The predicted molar refractivity (Wildman–Crippen MR) is 93.6 cm³/mol. The molecule has 23 heavy (non-hydrogen) atoms. The van der Waals surface area contributed by atoms with Crippen molar-refractivity contribution < 1.29 is 4.79 Å². The first-order valence-corrected chi connectivity index (χ1v) is 8.13. The van der Waals surface area contributed by atoms with Crippen LogP contribution in [-0.2, 0) is 18.3 Å². The second kappa shape index (κ2) is 9.17. The first kappa shape index (κ1) is 19.0. The molecule has 1 amide bonds. The fourth-order valence-corrected chi connectivity index (χ4v) is 2.42. The van der Waals surface area contributed by atoms with Gasteiger partial charge in [-0.3, -0.25) is 14.5 Å². The van der Waals surface area contributed by atoms with E-state index in [4.69, 9.17) is 0 Å². The number of carbonyl (C=O) groups excluding carboxylic acids is 1. The molecule has 0 aliphatic rings. The van der Waals surface area contributed by atoms with Crippen molar-refractivity contribution in [1.29, 1.82) is 0 Å². The van der Waals surface area contributed by atoms with Crippen molar-refractivity contribution in [1.82, 2.24) is 25.7 Å². The van der Waals surface area contributed by atoms with Crippen LogP contribution < -0.4 is 16.0 Å². The van der Waals surface area contributed by atoms with Crippen LogP contribution in [0, 0.1) is 13.8 Å². The number of nitrogens with zero attached hydrogens (tertiary/aromatic N) is 3. The Labute approximate surface area is 138 Å². The van der Waals surface area contributed by atoms with E-state index < -0.39 is 0 Å². The van der Waals surface area contributed by atoms with Crippen LogP contribution in [0.2, 0.25) is 0 Å². The molecule has 130 valence electrons. The Morgan fingerprint density at radius 2 is 2.04 bits per heavy atom. The van der Waals surface area contributed by atoms with Gasteiger partial charge < -0.3 is 16.0 Å². The molecule has 0 aromatic carbocycles. The summed E-state index contributed by atoms with van der Waals surface area (Å²) >= 11 is 0. The topological polar surface area (TPSA) is 83.3 Å². The lowest BCUT2D eigenvalue weighted by Crippen LogP contribution is -2.43. The average molecular weight is 322 g/mol. The number of aliphatic imine (C=N–C) groups is 1. The van der Waals surface area contributed by atoms with Gasteiger partial charge in [0.2, 0.25) is 5.91 Å². The van der Waals surface area contributed by atoms with Gasteiger partial charge >= 0.3 is 0 Å². The molecule has 7 heteroatoms. The Hall–Kier alpha value is -2.05. The van der Waals surface area contributed by atoms with E-state index in [1.54, 1.807) is 0 Å². The van der Waals surface area contributed by atoms with Gasteiger partial charge in [0.1, 0.15) is 0 Å². The number of aryl methyl sites for hydroxylation is 2. The normalized spacial score (nSPS) is 12.9. The molecule has 1 aromatic heterocycles. The molecule has 0 saturated heterocycles. The number of carbonyl (C=O) groups is 1. The Bertz CT molecular complexity index is 549. The van der Waals surface area contributed by atoms with Crippen LogP contribution in [0.5, 0.6) is 0 Å². The average Bonchev–Trinajstić information content (AvgIpc) is 2.70. The number of aromatic nitrogens is 2. The van der Waals surface area contributed by atoms with Crippen LogP contribution in [0.1, 0.15) is 37.7 Å². The third-order valence-corrected chi connectivity index (χ3v) is 3.65. The first-order chi connectivity index (χ1) is 10.8. The highest BCUT2D eigenvalue weighted by molar-refractivity contribution is 5.80. The van der Waals surface area contributed by atoms with Crippen molar-refractivity contribution in [3.05, 3.63) is 17.0 Å². The van der Waals surface area contributed by atoms with E-state index >= 15 is 0 Å². The Morgan fingerprint density at radius 3 is 2.57 bits per heavy atom. The zero-order chi connectivity index (χ0) is 17.4. The van der Waals surface area contributed by atoms with Crippen LogP contribution >= 0.6 is 0 Å². The minimum atomic E-state index is -0.0333. The monoisotopic (exact) mass is 322 g/mol. The molecule has 0 spiro atoms. The van der Waals surface area contributed by atoms with E-state index in [1.165, 1.54) is 18.2 Å². The largest absolute Gasteiger partial charge is 0.357 e. The highest BCUT2D eigenvalue weighted by Gasteiger charge is 2.13. The van der Waals surface area contributed by atoms with Crippen LogP contribution in [0.25, 0.3) is 0 Å². The molecule has 3 N–H and O–H groups in total. The van der Waals surface area contributed by atoms with Crippen molar-refractivity contribution in [2.45, 2.75) is 47.1 Å². The van der Waals surface area contributed by atoms with E-state index in [1.807, 2.05) is 25.6 Å². The van der Waals surface area contributed by atoms with Crippen molar-refractivity contribution in [2.24, 2.45) is 12.0 Å². The molecule has 0 aliphatic heterocycles. The van der Waals surface area contributed by atoms with E-state index in [0.29, 0.717) is 13.1 Å². The van der Waals surface area contributed by atoms with E-state index in [9.17, 15) is 4.79 Å². The standard InChI is InChI=1S/C16H30N6O/c1-7-17-16(19-9-8-18-14(5)23)20-11(2)10-15-12(3)21-22(6)13(15)4/h11H,7-10H2,1-6H3,(H,18,23)(H2,17,19,20). The summed E-state index contributed by atoms with van der Waals surface area (Å²) in [5.74, 6) is 0.735. The van der Waals surface area contributed by atoms with E-state index in [2.05, 4.69) is 39.9 Å². The molecule has 0 radical (unpaired) electrons. The van der Waals surface area contributed by atoms with Crippen molar-refractivity contribution in [3.8, 4) is 0 Å². The molecule has 1 unspecified atom stereocenters. The van der Waals surface area contributed by atoms with Gasteiger partial charge in [-0.2, -0.15) is 5.10 Å². The fourth-order valence-electron chi connectivity index (χ4n) is 2.42. The van der Waals surface area contributed by atoms with Gasteiger partial charge in [-0.1, -0.05) is 0 Å². The third-order valence-electron chi connectivity index (χ3n) is 3.65. The highest BCUT2D eigenvalue weighted by atomic mass is 16.1. The summed E-state index contributed by atoms with van der Waals surface area (Å²) < 4.78 is 1.92. The summed E-state index contributed by atoms with van der Waals surface area (Å²) in [4.78, 5) is 15.3. The fraction of sp³-hybridized carbons (Fsp3) is 0.688. The van der Waals surface area contributed by atoms with Gasteiger partial charge in [-0.25, -0.2) is 0 Å². The van der Waals surface area contributed by atoms with Gasteiger partial charge in [-0.05, 0) is 39.7 Å². The summed E-state index contributed by atoms with van der Waals surface area (Å²) in [7, 11) is 1.97. The quantitative estimate of drug-likeness (QED) is 0.391. The summed E-state index contributed by atoms with van der Waals surface area (Å²) in [6.07, 6.45) is 0.890. The Balaban J connectivity index is 2.61. The van der Waals surface area contributed by atoms with Crippen LogP contribution in [0.3, 0.4) is 0 Å². The molecule has 0 bridgehead atoms. The molecule has 1 atom stereocenters. The third kappa shape index (κ3) is 6.30. The van der Waals surface area contributed by atoms with Crippen molar-refractivity contribution in [2.75, 3.05) is 19.6 Å². The zero-order valence-electron chi connectivity index (χ0n) is 15.2. The number of guanidine groups is 1. The molecule has 0 saturated carbocycles. The zero-order valence-corrected chi connectivity index (χ0v) is 15.2. The lowest BCUT2D eigenvalue weighted by Gasteiger charge is -2.18. The number of hydrogen-bond donors (Lipinski definition) is 3. The maximum absolute atomic E-state index is 10.9. The first-order valence-electron chi connectivity index (χ1n) is 8.13. The van der Waals surface area contributed by atoms with E-state index in [-0.39, 0.29) is 11.9 Å². The summed E-state index contributed by atoms with van der Waals surface area (Å²) in [6, 6.07) is 0.232. The van der Waals surface area contributed by atoms with E-state index in [0.717, 1.165) is 24.6 Å². The summed E-state index contributed by atoms with van der Waals surface area (Å²) in [5, 5.41) is 13.8. The Morgan fingerprint density at radius 1 is 1.35 bits per heavy atom. The second-order valence-electron chi connectivity index (χ2n) is 5.77. The lowest BCUT2D eigenvalue weighted by molar-refractivity contribution is -0.118. The van der Waals surface area contributed by atoms with Gasteiger partial charge in [0, 0.05) is 38.8 Å². The predicted octanol–water partition coefficient (Wildman–Crippen LogP) is 0.659. The second-order valence-corrected chi connectivity index (χ2v) is 5.77. The molecule has 0 aliphatic carbocycles. The molecule has 1 rings (SSSR count). The highest BCUT2D eigenvalue weighted by Crippen LogP contribution is 2.14. The van der Waals surface area contributed by atoms with Gasteiger partial charge in [0.15, 0.2) is 5.96 Å². The summed E-state index contributed by atoms with van der Waals surface area (Å²) in [5.41, 5.74) is 3.55. The molecular formula is C16H30N6O. The van der Waals surface area contributed by atoms with Crippen molar-refractivity contribution >= 4 is 11.9 Å². The summed E-state index contributed by atoms with van der Waals surface area (Å²) in [6.45, 7) is 11.7. The molecule has 1 aromatic rings. The lowest BCUT2D eigenvalue weighted by atomic mass is 10.1. The number of rotatable bonds is 7. The number of amides is 1. The SMILES string of the molecule is CCNC(=NCCNC(C)=O)NC(C)Cc1c(C)nn(C)c1C. The van der Waals surface area contributed by atoms with Gasteiger partial charge in [-0.15, -0.1) is 0 Å². The van der Waals surface area contributed by atoms with Crippen LogP contribution in [0.15, 0.2) is 4.99 Å². The minimum absolute atomic E-state index is 0.0333. The number of hydrogen-bond acceptors (Lipinski definition) is 3. The molecule has 0 fully saturated rings. The van der Waals surface area contributed by atoms with Crippen LogP contribution in [-0.4, -0.2) is 47.3 Å². The molecular weight excluding hydrogens is 292 g/mol. The molecule has 1 heterocycles. The van der Waals surface area contributed by atoms with Crippen molar-refractivity contribution in [3.63, 3.8) is 0 Å². The maximum atomic E-state index is 10.9. The van der Waals surface area contributed by atoms with Crippen LogP contribution in [0.4, 0.5) is 0 Å².